The fourth-order valence-corrected chi connectivity index (χ4v) is 1.51. The Morgan fingerprint density at radius 3 is 2.64 bits per heavy atom. The molecular formula is C9H15N5. The lowest BCUT2D eigenvalue weighted by Gasteiger charge is -2.27. The third-order valence-corrected chi connectivity index (χ3v) is 2.34. The molecule has 0 radical (unpaired) electrons. The van der Waals surface area contributed by atoms with E-state index in [1.807, 2.05) is 13.2 Å². The van der Waals surface area contributed by atoms with Crippen molar-refractivity contribution in [2.24, 2.45) is 0 Å². The lowest BCUT2D eigenvalue weighted by atomic mass is 10.3. The molecule has 0 bridgehead atoms. The minimum atomic E-state index is 0.809. The fourth-order valence-electron chi connectivity index (χ4n) is 1.51. The summed E-state index contributed by atoms with van der Waals surface area (Å²) in [5.74, 6) is 1.77. The van der Waals surface area contributed by atoms with Gasteiger partial charge in [0, 0.05) is 33.2 Å². The molecule has 5 nitrogen and oxygen atoms in total. The SMILES string of the molecule is CNc1cnc(N2CCNCC2)cn1. The lowest BCUT2D eigenvalue weighted by Crippen LogP contribution is -2.43. The van der Waals surface area contributed by atoms with E-state index in [2.05, 4.69) is 25.5 Å². The van der Waals surface area contributed by atoms with Gasteiger partial charge in [-0.05, 0) is 0 Å². The van der Waals surface area contributed by atoms with Crippen LogP contribution in [0.5, 0.6) is 0 Å². The summed E-state index contributed by atoms with van der Waals surface area (Å²) in [5, 5.41) is 6.26. The smallest absolute Gasteiger partial charge is 0.147 e. The van der Waals surface area contributed by atoms with Gasteiger partial charge >= 0.3 is 0 Å². The lowest BCUT2D eigenvalue weighted by molar-refractivity contribution is 0.584. The molecule has 0 spiro atoms. The molecule has 0 unspecified atom stereocenters. The molecule has 1 aliphatic heterocycles. The zero-order valence-corrected chi connectivity index (χ0v) is 8.32. The molecule has 2 N–H and O–H groups in total. The number of hydrogen-bond acceptors (Lipinski definition) is 5. The Balaban J connectivity index is 2.07. The Kier molecular flexibility index (Phi) is 2.78. The minimum absolute atomic E-state index is 0.809. The highest BCUT2D eigenvalue weighted by Gasteiger charge is 2.11. The van der Waals surface area contributed by atoms with Crippen LogP contribution in [0.15, 0.2) is 12.4 Å². The highest BCUT2D eigenvalue weighted by molar-refractivity contribution is 5.41. The van der Waals surface area contributed by atoms with E-state index in [9.17, 15) is 0 Å². The Morgan fingerprint density at radius 1 is 1.29 bits per heavy atom. The van der Waals surface area contributed by atoms with Crippen LogP contribution < -0.4 is 15.5 Å². The third kappa shape index (κ3) is 1.93. The molecular weight excluding hydrogens is 178 g/mol. The molecule has 14 heavy (non-hydrogen) atoms. The standard InChI is InChI=1S/C9H15N5/c1-10-8-6-13-9(7-12-8)14-4-2-11-3-5-14/h6-7,11H,2-5H2,1H3,(H,10,12). The fraction of sp³-hybridized carbons (Fsp3) is 0.556. The van der Waals surface area contributed by atoms with Crippen LogP contribution in [0.1, 0.15) is 0 Å². The van der Waals surface area contributed by atoms with Crippen molar-refractivity contribution in [3.63, 3.8) is 0 Å². The largest absolute Gasteiger partial charge is 0.372 e. The van der Waals surface area contributed by atoms with Crippen molar-refractivity contribution in [3.8, 4) is 0 Å². The van der Waals surface area contributed by atoms with Crippen molar-refractivity contribution in [2.75, 3.05) is 43.4 Å². The van der Waals surface area contributed by atoms with Gasteiger partial charge in [0.05, 0.1) is 12.4 Å². The third-order valence-electron chi connectivity index (χ3n) is 2.34. The van der Waals surface area contributed by atoms with Gasteiger partial charge in [0.1, 0.15) is 11.6 Å². The predicted octanol–water partition coefficient (Wildman–Crippen LogP) is -0.0721. The van der Waals surface area contributed by atoms with Crippen molar-refractivity contribution < 1.29 is 0 Å². The van der Waals surface area contributed by atoms with E-state index in [0.717, 1.165) is 37.8 Å². The van der Waals surface area contributed by atoms with Crippen molar-refractivity contribution in [3.05, 3.63) is 12.4 Å². The van der Waals surface area contributed by atoms with Gasteiger partial charge in [0.15, 0.2) is 0 Å². The zero-order chi connectivity index (χ0) is 9.80. The van der Waals surface area contributed by atoms with Gasteiger partial charge in [0.2, 0.25) is 0 Å². The summed E-state index contributed by atoms with van der Waals surface area (Å²) in [7, 11) is 1.84. The first kappa shape index (κ1) is 9.21. The zero-order valence-electron chi connectivity index (χ0n) is 8.32. The monoisotopic (exact) mass is 193 g/mol. The number of nitrogens with zero attached hydrogens (tertiary/aromatic N) is 3. The molecule has 0 aromatic carbocycles. The maximum atomic E-state index is 4.35. The molecule has 1 fully saturated rings. The van der Waals surface area contributed by atoms with Crippen molar-refractivity contribution in [2.45, 2.75) is 0 Å². The Labute approximate surface area is 83.5 Å². The average molecular weight is 193 g/mol. The molecule has 5 heteroatoms. The van der Waals surface area contributed by atoms with Crippen LogP contribution in [0.3, 0.4) is 0 Å². The number of piperazine rings is 1. The molecule has 0 amide bonds. The van der Waals surface area contributed by atoms with E-state index in [1.54, 1.807) is 6.20 Å². The van der Waals surface area contributed by atoms with E-state index in [0.29, 0.717) is 0 Å². The first-order valence-corrected chi connectivity index (χ1v) is 4.85. The molecule has 1 aromatic rings. The molecule has 76 valence electrons. The van der Waals surface area contributed by atoms with E-state index < -0.39 is 0 Å². The summed E-state index contributed by atoms with van der Waals surface area (Å²) < 4.78 is 0. The van der Waals surface area contributed by atoms with E-state index in [4.69, 9.17) is 0 Å². The van der Waals surface area contributed by atoms with Gasteiger partial charge in [-0.25, -0.2) is 9.97 Å². The van der Waals surface area contributed by atoms with Crippen LogP contribution in [0.4, 0.5) is 11.6 Å². The van der Waals surface area contributed by atoms with Crippen LogP contribution >= 0.6 is 0 Å². The van der Waals surface area contributed by atoms with Crippen LogP contribution in [-0.2, 0) is 0 Å². The van der Waals surface area contributed by atoms with Crippen LogP contribution in [-0.4, -0.2) is 43.2 Å². The van der Waals surface area contributed by atoms with Gasteiger partial charge in [-0.3, -0.25) is 0 Å². The maximum absolute atomic E-state index is 4.35. The topological polar surface area (TPSA) is 53.1 Å². The quantitative estimate of drug-likeness (QED) is 0.688. The molecule has 0 atom stereocenters. The molecule has 1 aliphatic rings. The molecule has 0 aliphatic carbocycles. The first-order valence-electron chi connectivity index (χ1n) is 4.85. The Bertz CT molecular complexity index is 278. The molecule has 2 heterocycles. The summed E-state index contributed by atoms with van der Waals surface area (Å²) in [6.45, 7) is 4.06. The number of rotatable bonds is 2. The van der Waals surface area contributed by atoms with Crippen LogP contribution in [0.2, 0.25) is 0 Å². The van der Waals surface area contributed by atoms with Crippen LogP contribution in [0, 0.1) is 0 Å². The van der Waals surface area contributed by atoms with E-state index in [1.165, 1.54) is 0 Å². The van der Waals surface area contributed by atoms with Crippen LogP contribution in [0.25, 0.3) is 0 Å². The van der Waals surface area contributed by atoms with Gasteiger partial charge in [-0.1, -0.05) is 0 Å². The van der Waals surface area contributed by atoms with E-state index in [-0.39, 0.29) is 0 Å². The second-order valence-electron chi connectivity index (χ2n) is 3.25. The van der Waals surface area contributed by atoms with Gasteiger partial charge in [0.25, 0.3) is 0 Å². The number of aromatic nitrogens is 2. The second kappa shape index (κ2) is 4.23. The normalized spacial score (nSPS) is 16.8. The maximum Gasteiger partial charge on any atom is 0.147 e. The number of anilines is 2. The number of nitrogens with one attached hydrogen (secondary N) is 2. The summed E-state index contributed by atoms with van der Waals surface area (Å²) >= 11 is 0. The van der Waals surface area contributed by atoms with Gasteiger partial charge in [-0.2, -0.15) is 0 Å². The van der Waals surface area contributed by atoms with Gasteiger partial charge in [-0.15, -0.1) is 0 Å². The predicted molar refractivity (Wildman–Crippen MR) is 56.7 cm³/mol. The summed E-state index contributed by atoms with van der Waals surface area (Å²) in [6, 6.07) is 0. The summed E-state index contributed by atoms with van der Waals surface area (Å²) in [4.78, 5) is 10.8. The summed E-state index contributed by atoms with van der Waals surface area (Å²) in [6.07, 6.45) is 3.58. The van der Waals surface area contributed by atoms with E-state index >= 15 is 0 Å². The van der Waals surface area contributed by atoms with Crippen molar-refractivity contribution in [1.29, 1.82) is 0 Å². The average Bonchev–Trinajstić information content (AvgIpc) is 2.30. The first-order chi connectivity index (χ1) is 6.90. The Hall–Kier alpha value is -1.36. The highest BCUT2D eigenvalue weighted by atomic mass is 15.2. The number of hydrogen-bond donors (Lipinski definition) is 2. The summed E-state index contributed by atoms with van der Waals surface area (Å²) in [5.41, 5.74) is 0. The van der Waals surface area contributed by atoms with Crippen molar-refractivity contribution in [1.82, 2.24) is 15.3 Å². The molecule has 1 aromatic heterocycles. The molecule has 1 saturated heterocycles. The second-order valence-corrected chi connectivity index (χ2v) is 3.25. The molecule has 0 saturated carbocycles. The molecule has 2 rings (SSSR count). The minimum Gasteiger partial charge on any atom is -0.372 e. The Morgan fingerprint density at radius 2 is 2.07 bits per heavy atom. The highest BCUT2D eigenvalue weighted by Crippen LogP contribution is 2.10. The van der Waals surface area contributed by atoms with Crippen molar-refractivity contribution >= 4 is 11.6 Å². The van der Waals surface area contributed by atoms with Gasteiger partial charge < -0.3 is 15.5 Å².